The van der Waals surface area contributed by atoms with Gasteiger partial charge in [-0.05, 0) is 12.1 Å². The highest BCUT2D eigenvalue weighted by molar-refractivity contribution is 8.76. The number of anilines is 1. The Morgan fingerprint density at radius 2 is 1.85 bits per heavy atom. The van der Waals surface area contributed by atoms with Crippen molar-refractivity contribution >= 4 is 71.8 Å². The molecule has 2 saturated carbocycles. The zero-order chi connectivity index (χ0) is 43.1. The number of carboxylic acids is 1. The van der Waals surface area contributed by atoms with Crippen molar-refractivity contribution in [2.45, 2.75) is 77.5 Å². The lowest BCUT2D eigenvalue weighted by molar-refractivity contribution is -0.385. The summed E-state index contributed by atoms with van der Waals surface area (Å²) in [7, 11) is -10.3. The fourth-order valence-electron chi connectivity index (χ4n) is 7.07. The van der Waals surface area contributed by atoms with E-state index in [-0.39, 0.29) is 28.4 Å². The van der Waals surface area contributed by atoms with Crippen LogP contribution in [0, 0.1) is 16.0 Å². The highest BCUT2D eigenvalue weighted by Gasteiger charge is 2.81. The van der Waals surface area contributed by atoms with E-state index in [1.54, 1.807) is 0 Å². The molecule has 14 atom stereocenters. The number of Topliss-reactive ketones (excluding diaryl/α,β-unsaturated/α-hetero) is 1. The van der Waals surface area contributed by atoms with E-state index in [1.165, 1.54) is 6.07 Å². The number of nitrogens with one attached hydrogen (secondary N) is 1. The molecule has 1 aromatic carbocycles. The lowest BCUT2D eigenvalue weighted by Gasteiger charge is -2.30. The number of aromatic nitrogens is 4. The molecule has 27 nitrogen and oxygen atoms in total. The summed E-state index contributed by atoms with van der Waals surface area (Å²) in [4.78, 5) is 79.5. The van der Waals surface area contributed by atoms with E-state index in [2.05, 4.69) is 19.3 Å². The Morgan fingerprint density at radius 3 is 2.53 bits per heavy atom. The summed E-state index contributed by atoms with van der Waals surface area (Å²) in [6.45, 7) is -1.10. The number of aliphatic hydroxyl groups excluding tert-OH is 4. The molecule has 0 bridgehead atoms. The van der Waals surface area contributed by atoms with Crippen LogP contribution >= 0.6 is 37.2 Å². The van der Waals surface area contributed by atoms with Crippen LogP contribution in [0.15, 0.2) is 34.2 Å². The second-order valence-electron chi connectivity index (χ2n) is 13.8. The molecule has 59 heavy (non-hydrogen) atoms. The van der Waals surface area contributed by atoms with Gasteiger partial charge in [-0.3, -0.25) is 38.3 Å². The van der Waals surface area contributed by atoms with Gasteiger partial charge in [0.25, 0.3) is 11.2 Å². The maximum atomic E-state index is 14.0. The molecule has 2 saturated heterocycles. The van der Waals surface area contributed by atoms with Crippen LogP contribution in [-0.4, -0.2) is 149 Å². The van der Waals surface area contributed by atoms with Crippen molar-refractivity contribution in [1.82, 2.24) is 19.5 Å². The van der Waals surface area contributed by atoms with Crippen LogP contribution in [0.3, 0.4) is 0 Å². The molecule has 322 valence electrons. The van der Waals surface area contributed by atoms with Gasteiger partial charge in [-0.1, -0.05) is 21.6 Å². The lowest BCUT2D eigenvalue weighted by atomic mass is 9.94. The number of nitrogen functional groups attached to an aromatic ring is 1. The number of H-pyrrole nitrogens is 1. The third-order valence-electron chi connectivity index (χ3n) is 10.1. The molecule has 0 radical (unpaired) electrons. The van der Waals surface area contributed by atoms with E-state index >= 15 is 0 Å². The molecule has 2 aromatic heterocycles. The number of aromatic carboxylic acids is 1. The molecule has 4 heterocycles. The Labute approximate surface area is 335 Å². The molecule has 14 unspecified atom stereocenters. The number of phosphoric ester groups is 2. The van der Waals surface area contributed by atoms with Gasteiger partial charge in [0.05, 0.1) is 35.8 Å². The fourth-order valence-corrected chi connectivity index (χ4v) is 11.5. The van der Waals surface area contributed by atoms with Crippen LogP contribution in [0.4, 0.5) is 11.6 Å². The van der Waals surface area contributed by atoms with Crippen LogP contribution in [0.25, 0.3) is 11.2 Å². The summed E-state index contributed by atoms with van der Waals surface area (Å²) < 4.78 is 53.4. The van der Waals surface area contributed by atoms with E-state index in [4.69, 9.17) is 30.0 Å². The Morgan fingerprint density at radius 1 is 1.14 bits per heavy atom. The summed E-state index contributed by atoms with van der Waals surface area (Å²) in [6.07, 6.45) is -12.8. The first-order valence-electron chi connectivity index (χ1n) is 16.8. The quantitative estimate of drug-likeness (QED) is 0.0325. The van der Waals surface area contributed by atoms with Crippen molar-refractivity contribution in [1.29, 1.82) is 0 Å². The maximum Gasteiger partial charge on any atom is 0.482 e. The molecular weight excluding hydrogens is 880 g/mol. The smallest absolute Gasteiger partial charge is 0.477 e. The number of hydrogen-bond acceptors (Lipinski definition) is 23. The Kier molecular flexibility index (Phi) is 11.4. The largest absolute Gasteiger partial charge is 0.482 e. The molecule has 4 aliphatic rings. The van der Waals surface area contributed by atoms with E-state index in [9.17, 15) is 74.1 Å². The van der Waals surface area contributed by atoms with Gasteiger partial charge in [0.15, 0.2) is 28.8 Å². The predicted octanol–water partition coefficient (Wildman–Crippen LogP) is -2.49. The summed E-state index contributed by atoms with van der Waals surface area (Å²) in [5, 5.41) is 74.1. The van der Waals surface area contributed by atoms with Crippen LogP contribution in [-0.2, 0) is 36.8 Å². The van der Waals surface area contributed by atoms with E-state index in [0.29, 0.717) is 10.8 Å². The number of benzene rings is 1. The molecule has 3 aromatic rings. The van der Waals surface area contributed by atoms with Gasteiger partial charge in [-0.2, -0.15) is 9.29 Å². The Bertz CT molecular complexity index is 2370. The van der Waals surface area contributed by atoms with Crippen molar-refractivity contribution in [3.8, 4) is 0 Å². The SMILES string of the molecule is Nc1nc2c(ncn2C2OC(COP(=O)(O)OP(=O)(O)OC3(C(=O)CSSc4ccc([N+](=O)[O-])c(C(=O)O)c4)C4OC5CC5(O)C(O)C(O)C(N)C43)C(O)C2O)c(=O)[nH]1. The molecule has 4 fully saturated rings. The number of carbonyl (C=O) groups excluding carboxylic acids is 1. The number of carboxylic acid groups (broad SMARTS) is 1. The number of imidazole rings is 1. The molecule has 2 aliphatic carbocycles. The van der Waals surface area contributed by atoms with Crippen molar-refractivity contribution in [2.75, 3.05) is 18.1 Å². The third kappa shape index (κ3) is 7.96. The second-order valence-corrected chi connectivity index (χ2v) is 19.1. The minimum Gasteiger partial charge on any atom is -0.477 e. The number of nitro benzene ring substituents is 1. The molecule has 7 rings (SSSR count). The topological polar surface area (TPSA) is 435 Å². The monoisotopic (exact) mass is 913 g/mol. The van der Waals surface area contributed by atoms with Crippen LogP contribution < -0.4 is 17.0 Å². The van der Waals surface area contributed by atoms with Gasteiger partial charge in [-0.15, -0.1) is 0 Å². The van der Waals surface area contributed by atoms with Gasteiger partial charge in [0, 0.05) is 29.3 Å². The van der Waals surface area contributed by atoms with Crippen molar-refractivity contribution in [2.24, 2.45) is 11.7 Å². The summed E-state index contributed by atoms with van der Waals surface area (Å²) >= 11 is 0. The Balaban J connectivity index is 1.07. The number of aromatic amines is 1. The summed E-state index contributed by atoms with van der Waals surface area (Å²) in [5.41, 5.74) is 4.58. The number of ether oxygens (including phenoxy) is 2. The minimum atomic E-state index is -5.98. The van der Waals surface area contributed by atoms with Gasteiger partial charge in [-0.25, -0.2) is 18.9 Å². The number of hydrogen-bond donors (Lipinski definition) is 11. The number of rotatable bonds is 15. The van der Waals surface area contributed by atoms with Gasteiger partial charge >= 0.3 is 21.6 Å². The molecule has 0 amide bonds. The number of aliphatic hydroxyl groups is 5. The Hall–Kier alpha value is -3.45. The average molecular weight is 914 g/mol. The number of phosphoric acid groups is 2. The normalized spacial score (nSPS) is 35.7. The van der Waals surface area contributed by atoms with Gasteiger partial charge in [0.1, 0.15) is 41.7 Å². The highest BCUT2D eigenvalue weighted by Crippen LogP contribution is 2.69. The molecule has 0 spiro atoms. The zero-order valence-corrected chi connectivity index (χ0v) is 32.8. The first-order chi connectivity index (χ1) is 27.5. The number of fused-ring (bicyclic) bond motifs is 3. The molecule has 2 aliphatic heterocycles. The molecule has 13 N–H and O–H groups in total. The zero-order valence-electron chi connectivity index (χ0n) is 29.3. The van der Waals surface area contributed by atoms with Gasteiger partial charge in [0.2, 0.25) is 5.95 Å². The standard InChI is InChI=1S/C28H33N7O20P2S2/c29-15-14-21(53-13-4-27(13,44)20(40)18(15)38)28(14,12(36)6-58-59-8-1-2-10(35(45)46)9(3-8)25(42)43)54-57(49,50)55-56(47,48)51-5-11-17(37)19(39)24(52-11)34-7-31-16-22(34)32-26(30)33-23(16)41/h1-3,7,11,13-15,17-21,24,37-40,44H,4-6,29H2,(H,42,43)(H,47,48)(H,49,50)(H3,30,32,33,41). The maximum absolute atomic E-state index is 14.0. The number of nitrogens with zero attached hydrogens (tertiary/aromatic N) is 4. The third-order valence-corrected chi connectivity index (χ3v) is 15.0. The van der Waals surface area contributed by atoms with Crippen molar-refractivity contribution in [3.05, 3.63) is 50.6 Å². The van der Waals surface area contributed by atoms with E-state index in [0.717, 1.165) is 33.8 Å². The van der Waals surface area contributed by atoms with Crippen LogP contribution in [0.5, 0.6) is 0 Å². The lowest BCUT2D eigenvalue weighted by Crippen LogP contribution is -2.53. The van der Waals surface area contributed by atoms with Crippen molar-refractivity contribution in [3.63, 3.8) is 0 Å². The number of nitro groups is 1. The van der Waals surface area contributed by atoms with Crippen LogP contribution in [0.2, 0.25) is 0 Å². The minimum absolute atomic E-state index is 0.122. The number of ketones is 1. The first-order valence-corrected chi connectivity index (χ1v) is 22.1. The van der Waals surface area contributed by atoms with Crippen molar-refractivity contribution < 1.29 is 86.9 Å². The first kappa shape index (κ1) is 43.6. The fraction of sp³-hybridized carbons (Fsp3) is 0.536. The highest BCUT2D eigenvalue weighted by atomic mass is 33.1. The predicted molar refractivity (Wildman–Crippen MR) is 194 cm³/mol. The van der Waals surface area contributed by atoms with E-state index < -0.39 is 134 Å². The summed E-state index contributed by atoms with van der Waals surface area (Å²) in [5.74, 6) is -5.28. The van der Waals surface area contributed by atoms with E-state index in [1.807, 2.05) is 0 Å². The number of nitrogens with two attached hydrogens (primary N) is 2. The molecule has 31 heteroatoms. The average Bonchev–Trinajstić information content (AvgIpc) is 3.86. The second kappa shape index (κ2) is 15.5. The number of carbonyl (C=O) groups is 2. The summed E-state index contributed by atoms with van der Waals surface area (Å²) in [6, 6.07) is 1.37. The van der Waals surface area contributed by atoms with Gasteiger partial charge < -0.3 is 61.4 Å². The van der Waals surface area contributed by atoms with Crippen LogP contribution in [0.1, 0.15) is 23.0 Å². The molecular formula is C28H33N7O20P2S2.